The molecule has 1 N–H and O–H groups in total. The summed E-state index contributed by atoms with van der Waals surface area (Å²) < 4.78 is 15.4. The zero-order chi connectivity index (χ0) is 19.5. The summed E-state index contributed by atoms with van der Waals surface area (Å²) in [4.78, 5) is 24.8. The van der Waals surface area contributed by atoms with Crippen molar-refractivity contribution < 1.29 is 23.8 Å². The van der Waals surface area contributed by atoms with Crippen LogP contribution in [0.25, 0.3) is 0 Å². The molecular weight excluding hydrogens is 366 g/mol. The predicted molar refractivity (Wildman–Crippen MR) is 104 cm³/mol. The highest BCUT2D eigenvalue weighted by atomic mass is 32.2. The Morgan fingerprint density at radius 2 is 1.74 bits per heavy atom. The molecule has 0 aliphatic heterocycles. The van der Waals surface area contributed by atoms with Crippen molar-refractivity contribution in [3.05, 3.63) is 54.1 Å². The molecule has 0 fully saturated rings. The maximum absolute atomic E-state index is 11.9. The highest BCUT2D eigenvalue weighted by Gasteiger charge is 2.11. The van der Waals surface area contributed by atoms with Gasteiger partial charge in [0.05, 0.1) is 20.6 Å². The fraction of sp³-hybridized carbons (Fsp3) is 0.300. The molecule has 0 spiro atoms. The molecule has 2 aromatic carbocycles. The van der Waals surface area contributed by atoms with Crippen LogP contribution < -0.4 is 14.8 Å². The normalized spacial score (nSPS) is 10.1. The van der Waals surface area contributed by atoms with Crippen molar-refractivity contribution in [2.75, 3.05) is 33.1 Å². The molecule has 0 aliphatic carbocycles. The highest BCUT2D eigenvalue weighted by molar-refractivity contribution is 7.99. The van der Waals surface area contributed by atoms with Crippen LogP contribution in [-0.2, 0) is 20.7 Å². The van der Waals surface area contributed by atoms with Gasteiger partial charge in [0.1, 0.15) is 0 Å². The quantitative estimate of drug-likeness (QED) is 0.383. The smallest absolute Gasteiger partial charge is 0.310 e. The molecular formula is C20H23NO5S. The lowest BCUT2D eigenvalue weighted by Gasteiger charge is -2.10. The number of benzene rings is 2. The Labute approximate surface area is 163 Å². The summed E-state index contributed by atoms with van der Waals surface area (Å²) in [5, 5.41) is 2.73. The van der Waals surface area contributed by atoms with Gasteiger partial charge < -0.3 is 19.5 Å². The molecule has 0 saturated carbocycles. The van der Waals surface area contributed by atoms with E-state index >= 15 is 0 Å². The van der Waals surface area contributed by atoms with Crippen molar-refractivity contribution in [1.29, 1.82) is 0 Å². The van der Waals surface area contributed by atoms with Crippen molar-refractivity contribution in [2.45, 2.75) is 11.3 Å². The van der Waals surface area contributed by atoms with Gasteiger partial charge in [-0.15, -0.1) is 11.8 Å². The maximum atomic E-state index is 11.9. The summed E-state index contributed by atoms with van der Waals surface area (Å²) in [6.45, 7) is 0.216. The largest absolute Gasteiger partial charge is 0.493 e. The van der Waals surface area contributed by atoms with Crippen LogP contribution in [-0.4, -0.2) is 45.0 Å². The van der Waals surface area contributed by atoms with Gasteiger partial charge in [-0.25, -0.2) is 0 Å². The lowest BCUT2D eigenvalue weighted by molar-refractivity contribution is -0.147. The van der Waals surface area contributed by atoms with Gasteiger partial charge in [0, 0.05) is 17.2 Å². The van der Waals surface area contributed by atoms with Crippen LogP contribution >= 0.6 is 11.8 Å². The third kappa shape index (κ3) is 7.22. The molecule has 2 rings (SSSR count). The number of methoxy groups -OCH3 is 2. The second-order valence-electron chi connectivity index (χ2n) is 5.54. The molecule has 144 valence electrons. The van der Waals surface area contributed by atoms with Crippen molar-refractivity contribution in [2.24, 2.45) is 0 Å². The number of ether oxygens (including phenoxy) is 3. The molecule has 0 unspecified atom stereocenters. The average Bonchev–Trinajstić information content (AvgIpc) is 2.70. The Hall–Kier alpha value is -2.67. The van der Waals surface area contributed by atoms with Gasteiger partial charge in [0.25, 0.3) is 5.91 Å². The molecule has 27 heavy (non-hydrogen) atoms. The van der Waals surface area contributed by atoms with Gasteiger partial charge in [-0.2, -0.15) is 0 Å². The lowest BCUT2D eigenvalue weighted by Crippen LogP contribution is -2.30. The van der Waals surface area contributed by atoms with E-state index in [0.29, 0.717) is 18.0 Å². The summed E-state index contributed by atoms with van der Waals surface area (Å²) in [5.41, 5.74) is 0.720. The number of carbonyl (C=O) groups is 2. The van der Waals surface area contributed by atoms with Gasteiger partial charge in [-0.1, -0.05) is 24.3 Å². The number of carbonyl (C=O) groups excluding carboxylic acids is 2. The van der Waals surface area contributed by atoms with Crippen LogP contribution in [0, 0.1) is 0 Å². The molecule has 7 heteroatoms. The van der Waals surface area contributed by atoms with Gasteiger partial charge in [-0.3, -0.25) is 9.59 Å². The molecule has 0 heterocycles. The fourth-order valence-electron chi connectivity index (χ4n) is 2.28. The summed E-state index contributed by atoms with van der Waals surface area (Å²) >= 11 is 1.65. The predicted octanol–water partition coefficient (Wildman–Crippen LogP) is 2.70. The van der Waals surface area contributed by atoms with Crippen molar-refractivity contribution in [3.63, 3.8) is 0 Å². The second-order valence-corrected chi connectivity index (χ2v) is 6.71. The number of hydrogen-bond donors (Lipinski definition) is 1. The molecule has 0 aliphatic rings. The number of amides is 1. The van der Waals surface area contributed by atoms with Gasteiger partial charge in [0.2, 0.25) is 0 Å². The van der Waals surface area contributed by atoms with Crippen LogP contribution in [0.5, 0.6) is 11.5 Å². The third-order valence-electron chi connectivity index (χ3n) is 3.60. The average molecular weight is 389 g/mol. The molecule has 6 nitrogen and oxygen atoms in total. The van der Waals surface area contributed by atoms with E-state index < -0.39 is 5.97 Å². The van der Waals surface area contributed by atoms with E-state index in [1.165, 1.54) is 7.11 Å². The Morgan fingerprint density at radius 3 is 2.44 bits per heavy atom. The number of hydrogen-bond acceptors (Lipinski definition) is 6. The fourth-order valence-corrected chi connectivity index (χ4v) is 3.07. The van der Waals surface area contributed by atoms with Gasteiger partial charge in [0.15, 0.2) is 18.1 Å². The number of nitrogens with one attached hydrogen (secondary N) is 1. The molecule has 2 aromatic rings. The molecule has 0 aromatic heterocycles. The van der Waals surface area contributed by atoms with Crippen LogP contribution in [0.3, 0.4) is 0 Å². The first kappa shape index (κ1) is 20.6. The molecule has 0 radical (unpaired) electrons. The van der Waals surface area contributed by atoms with E-state index in [0.717, 1.165) is 16.2 Å². The Bertz CT molecular complexity index is 751. The first-order valence-electron chi connectivity index (χ1n) is 8.43. The monoisotopic (exact) mass is 389 g/mol. The summed E-state index contributed by atoms with van der Waals surface area (Å²) in [7, 11) is 3.07. The second kappa shape index (κ2) is 11.1. The van der Waals surface area contributed by atoms with Crippen LogP contribution in [0.4, 0.5) is 0 Å². The van der Waals surface area contributed by atoms with E-state index in [1.807, 2.05) is 30.3 Å². The van der Waals surface area contributed by atoms with Crippen LogP contribution in [0.15, 0.2) is 53.4 Å². The highest BCUT2D eigenvalue weighted by Crippen LogP contribution is 2.27. The van der Waals surface area contributed by atoms with Gasteiger partial charge >= 0.3 is 5.97 Å². The van der Waals surface area contributed by atoms with E-state index in [4.69, 9.17) is 14.2 Å². The Morgan fingerprint density at radius 1 is 1.00 bits per heavy atom. The minimum absolute atomic E-state index is 0.0531. The Kier molecular flexibility index (Phi) is 8.51. The molecule has 1 amide bonds. The number of thioether (sulfide) groups is 1. The van der Waals surface area contributed by atoms with Gasteiger partial charge in [-0.05, 0) is 29.8 Å². The number of esters is 1. The van der Waals surface area contributed by atoms with Crippen molar-refractivity contribution in [3.8, 4) is 11.5 Å². The van der Waals surface area contributed by atoms with Crippen LogP contribution in [0.1, 0.15) is 5.56 Å². The Balaban J connectivity index is 1.66. The van der Waals surface area contributed by atoms with Crippen LogP contribution in [0.2, 0.25) is 0 Å². The van der Waals surface area contributed by atoms with E-state index in [9.17, 15) is 9.59 Å². The van der Waals surface area contributed by atoms with Crippen molar-refractivity contribution >= 4 is 23.6 Å². The number of rotatable bonds is 10. The summed E-state index contributed by atoms with van der Waals surface area (Å²) in [6, 6.07) is 15.1. The molecule has 0 atom stereocenters. The minimum Gasteiger partial charge on any atom is -0.493 e. The molecule has 0 bridgehead atoms. The van der Waals surface area contributed by atoms with E-state index in [2.05, 4.69) is 5.32 Å². The first-order valence-corrected chi connectivity index (χ1v) is 9.42. The van der Waals surface area contributed by atoms with E-state index in [-0.39, 0.29) is 18.9 Å². The summed E-state index contributed by atoms with van der Waals surface area (Å²) in [6.07, 6.45) is 0.0531. The standard InChI is InChI=1S/C20H23NO5S/c1-24-17-9-8-15(12-18(17)25-2)13-20(23)26-14-19(22)21-10-11-27-16-6-4-3-5-7-16/h3-9,12H,10-11,13-14H2,1-2H3,(H,21,22). The first-order chi connectivity index (χ1) is 13.1. The van der Waals surface area contributed by atoms with Crippen molar-refractivity contribution in [1.82, 2.24) is 5.32 Å². The zero-order valence-electron chi connectivity index (χ0n) is 15.4. The minimum atomic E-state index is -0.476. The lowest BCUT2D eigenvalue weighted by atomic mass is 10.1. The SMILES string of the molecule is COc1ccc(CC(=O)OCC(=O)NCCSc2ccccc2)cc1OC. The van der Waals surface area contributed by atoms with E-state index in [1.54, 1.807) is 37.1 Å². The topological polar surface area (TPSA) is 73.9 Å². The molecule has 0 saturated heterocycles. The zero-order valence-corrected chi connectivity index (χ0v) is 16.2. The third-order valence-corrected chi connectivity index (χ3v) is 4.61. The summed E-state index contributed by atoms with van der Waals surface area (Å²) in [5.74, 6) is 1.08. The maximum Gasteiger partial charge on any atom is 0.310 e.